The first kappa shape index (κ1) is 17.8. The minimum absolute atomic E-state index is 0.0950. The lowest BCUT2D eigenvalue weighted by Crippen LogP contribution is -2.35. The van der Waals surface area contributed by atoms with E-state index in [2.05, 4.69) is 16.9 Å². The molecule has 8 heteroatoms. The molecule has 7 nitrogen and oxygen atoms in total. The van der Waals surface area contributed by atoms with Crippen molar-refractivity contribution in [3.8, 4) is 16.5 Å². The van der Waals surface area contributed by atoms with Crippen LogP contribution in [0.4, 0.5) is 0 Å². The predicted molar refractivity (Wildman–Crippen MR) is 103 cm³/mol. The molecular formula is C19H21N3O4S. The van der Waals surface area contributed by atoms with Crippen molar-refractivity contribution >= 4 is 28.3 Å². The minimum Gasteiger partial charge on any atom is -0.506 e. The van der Waals surface area contributed by atoms with Crippen LogP contribution in [0.15, 0.2) is 30.6 Å². The lowest BCUT2D eigenvalue weighted by molar-refractivity contribution is 0.0603. The summed E-state index contributed by atoms with van der Waals surface area (Å²) in [6.07, 6.45) is 3.91. The molecule has 0 saturated carbocycles. The summed E-state index contributed by atoms with van der Waals surface area (Å²) in [6.45, 7) is 2.07. The van der Waals surface area contributed by atoms with E-state index in [1.165, 1.54) is 7.11 Å². The number of hydrogen-bond donors (Lipinski definition) is 1. The van der Waals surface area contributed by atoms with Gasteiger partial charge in [0.15, 0.2) is 4.88 Å². The third-order valence-electron chi connectivity index (χ3n) is 4.79. The van der Waals surface area contributed by atoms with E-state index < -0.39 is 5.97 Å². The first-order valence-electron chi connectivity index (χ1n) is 8.79. The summed E-state index contributed by atoms with van der Waals surface area (Å²) in [5, 5.41) is 10.7. The second-order valence-corrected chi connectivity index (χ2v) is 7.71. The molecule has 1 aliphatic heterocycles. The Hall–Kier alpha value is -2.58. The van der Waals surface area contributed by atoms with Crippen LogP contribution in [0.25, 0.3) is 16.0 Å². The van der Waals surface area contributed by atoms with E-state index in [1.54, 1.807) is 12.4 Å². The van der Waals surface area contributed by atoms with Gasteiger partial charge in [-0.05, 0) is 32.0 Å². The molecule has 3 heterocycles. The lowest BCUT2D eigenvalue weighted by Gasteiger charge is -2.29. The van der Waals surface area contributed by atoms with E-state index in [0.29, 0.717) is 5.00 Å². The Kier molecular flexibility index (Phi) is 4.75. The molecule has 27 heavy (non-hydrogen) atoms. The van der Waals surface area contributed by atoms with Gasteiger partial charge in [-0.1, -0.05) is 0 Å². The van der Waals surface area contributed by atoms with Crippen LogP contribution < -0.4 is 4.74 Å². The zero-order valence-electron chi connectivity index (χ0n) is 15.2. The Morgan fingerprint density at radius 2 is 2.07 bits per heavy atom. The van der Waals surface area contributed by atoms with Gasteiger partial charge in [-0.3, -0.25) is 4.57 Å². The molecule has 1 saturated heterocycles. The first-order chi connectivity index (χ1) is 13.0. The number of methoxy groups -OCH3 is 1. The molecule has 4 rings (SSSR count). The molecule has 3 aromatic rings. The second kappa shape index (κ2) is 7.21. The summed E-state index contributed by atoms with van der Waals surface area (Å²) in [7, 11) is 3.42. The number of rotatable bonds is 4. The van der Waals surface area contributed by atoms with Crippen molar-refractivity contribution in [2.45, 2.75) is 18.9 Å². The summed E-state index contributed by atoms with van der Waals surface area (Å²) in [5.74, 6) is 0.148. The maximum atomic E-state index is 11.8. The topological polar surface area (TPSA) is 76.8 Å². The van der Waals surface area contributed by atoms with Crippen molar-refractivity contribution in [2.75, 3.05) is 27.2 Å². The van der Waals surface area contributed by atoms with Gasteiger partial charge in [0.25, 0.3) is 0 Å². The number of fused-ring (bicyclic) bond motifs is 1. The van der Waals surface area contributed by atoms with Crippen molar-refractivity contribution in [1.82, 2.24) is 14.5 Å². The number of hydrogen-bond acceptors (Lipinski definition) is 7. The third-order valence-corrected chi connectivity index (χ3v) is 5.90. The molecule has 0 aliphatic carbocycles. The molecule has 1 fully saturated rings. The van der Waals surface area contributed by atoms with Gasteiger partial charge < -0.3 is 19.5 Å². The zero-order valence-corrected chi connectivity index (χ0v) is 16.0. The van der Waals surface area contributed by atoms with Crippen LogP contribution in [-0.2, 0) is 4.74 Å². The van der Waals surface area contributed by atoms with E-state index in [9.17, 15) is 9.90 Å². The maximum absolute atomic E-state index is 11.8. The van der Waals surface area contributed by atoms with Gasteiger partial charge in [-0.15, -0.1) is 11.3 Å². The smallest absolute Gasteiger partial charge is 0.351 e. The van der Waals surface area contributed by atoms with Gasteiger partial charge in [0, 0.05) is 25.2 Å². The molecule has 2 aromatic heterocycles. The van der Waals surface area contributed by atoms with Gasteiger partial charge in [0.2, 0.25) is 0 Å². The summed E-state index contributed by atoms with van der Waals surface area (Å²) in [4.78, 5) is 18.6. The Labute approximate surface area is 160 Å². The molecule has 0 spiro atoms. The number of nitrogens with zero attached hydrogens (tertiary/aromatic N) is 3. The number of likely N-dealkylation sites (tertiary alicyclic amines) is 1. The quantitative estimate of drug-likeness (QED) is 0.694. The highest BCUT2D eigenvalue weighted by atomic mass is 32.1. The number of carbonyl (C=O) groups is 1. The van der Waals surface area contributed by atoms with E-state index >= 15 is 0 Å². The van der Waals surface area contributed by atoms with Crippen molar-refractivity contribution in [3.63, 3.8) is 0 Å². The third kappa shape index (κ3) is 3.50. The molecule has 1 N–H and O–H groups in total. The number of aromatic nitrogens is 2. The molecule has 0 amide bonds. The van der Waals surface area contributed by atoms with Gasteiger partial charge in [0.05, 0.1) is 18.1 Å². The second-order valence-electron chi connectivity index (χ2n) is 6.68. The zero-order chi connectivity index (χ0) is 19.0. The number of imidazole rings is 1. The average Bonchev–Trinajstić information content (AvgIpc) is 3.26. The van der Waals surface area contributed by atoms with Crippen LogP contribution >= 0.6 is 11.3 Å². The highest BCUT2D eigenvalue weighted by molar-refractivity contribution is 7.16. The number of carbonyl (C=O) groups excluding carboxylic acids is 1. The number of benzene rings is 1. The molecule has 1 aliphatic rings. The van der Waals surface area contributed by atoms with Gasteiger partial charge in [0.1, 0.15) is 28.9 Å². The molecule has 0 atom stereocenters. The SMILES string of the molecule is COC(=O)c1sc(-n2cnc3ccc(OC4CCN(C)CC4)cc32)cc1O. The Balaban J connectivity index is 1.63. The molecular weight excluding hydrogens is 366 g/mol. The van der Waals surface area contributed by atoms with Crippen LogP contribution in [0.2, 0.25) is 0 Å². The van der Waals surface area contributed by atoms with Crippen molar-refractivity contribution in [1.29, 1.82) is 0 Å². The molecule has 0 unspecified atom stereocenters. The van der Waals surface area contributed by atoms with Gasteiger partial charge in [-0.25, -0.2) is 9.78 Å². The maximum Gasteiger partial charge on any atom is 0.351 e. The van der Waals surface area contributed by atoms with E-state index in [-0.39, 0.29) is 16.7 Å². The monoisotopic (exact) mass is 387 g/mol. The van der Waals surface area contributed by atoms with Crippen molar-refractivity contribution in [3.05, 3.63) is 35.5 Å². The van der Waals surface area contributed by atoms with Crippen LogP contribution in [-0.4, -0.2) is 58.9 Å². The molecule has 1 aromatic carbocycles. The fourth-order valence-electron chi connectivity index (χ4n) is 3.26. The summed E-state index contributed by atoms with van der Waals surface area (Å²) < 4.78 is 12.7. The number of ether oxygens (including phenoxy) is 2. The van der Waals surface area contributed by atoms with E-state index in [4.69, 9.17) is 9.47 Å². The molecule has 0 radical (unpaired) electrons. The van der Waals surface area contributed by atoms with Gasteiger partial charge >= 0.3 is 5.97 Å². The minimum atomic E-state index is -0.556. The number of piperidine rings is 1. The van der Waals surface area contributed by atoms with Crippen LogP contribution in [0, 0.1) is 0 Å². The summed E-state index contributed by atoms with van der Waals surface area (Å²) in [5.41, 5.74) is 1.68. The standard InChI is InChI=1S/C19H21N3O4S/c1-21-7-5-12(6-8-21)26-13-3-4-14-15(9-13)22(11-20-14)17-10-16(23)18(27-17)19(24)25-2/h3-4,9-12,23H,5-8H2,1-2H3. The van der Waals surface area contributed by atoms with E-state index in [0.717, 1.165) is 54.1 Å². The molecule has 0 bridgehead atoms. The van der Waals surface area contributed by atoms with Crippen LogP contribution in [0.1, 0.15) is 22.5 Å². The van der Waals surface area contributed by atoms with Crippen LogP contribution in [0.5, 0.6) is 11.5 Å². The lowest BCUT2D eigenvalue weighted by atomic mass is 10.1. The predicted octanol–water partition coefficient (Wildman–Crippen LogP) is 3.05. The number of thiophene rings is 1. The van der Waals surface area contributed by atoms with Crippen molar-refractivity contribution < 1.29 is 19.4 Å². The fraction of sp³-hybridized carbons (Fsp3) is 0.368. The van der Waals surface area contributed by atoms with Crippen LogP contribution in [0.3, 0.4) is 0 Å². The Morgan fingerprint density at radius 1 is 1.30 bits per heavy atom. The summed E-state index contributed by atoms with van der Waals surface area (Å²) in [6, 6.07) is 7.35. The van der Waals surface area contributed by atoms with Gasteiger partial charge in [-0.2, -0.15) is 0 Å². The Morgan fingerprint density at radius 3 is 2.81 bits per heavy atom. The normalized spacial score (nSPS) is 15.9. The number of aromatic hydroxyl groups is 1. The first-order valence-corrected chi connectivity index (χ1v) is 9.60. The highest BCUT2D eigenvalue weighted by Gasteiger charge is 2.20. The summed E-state index contributed by atoms with van der Waals surface area (Å²) >= 11 is 1.16. The highest BCUT2D eigenvalue weighted by Crippen LogP contribution is 2.34. The fourth-order valence-corrected chi connectivity index (χ4v) is 4.21. The van der Waals surface area contributed by atoms with Crippen molar-refractivity contribution in [2.24, 2.45) is 0 Å². The van der Waals surface area contributed by atoms with E-state index in [1.807, 2.05) is 22.8 Å². The molecule has 142 valence electrons. The average molecular weight is 387 g/mol. The Bertz CT molecular complexity index is 973. The largest absolute Gasteiger partial charge is 0.506 e. The number of esters is 1.